The fourth-order valence-electron chi connectivity index (χ4n) is 0.555. The van der Waals surface area contributed by atoms with Crippen molar-refractivity contribution in [2.45, 2.75) is 24.4 Å². The standard InChI is InChI=1S/C7H8F6/c1-2-6(10,11)3-5(9)7(12,13)4-8/h2,5H,1,3-4H2. The van der Waals surface area contributed by atoms with Crippen LogP contribution in [-0.2, 0) is 0 Å². The summed E-state index contributed by atoms with van der Waals surface area (Å²) in [7, 11) is 0. The highest BCUT2D eigenvalue weighted by Crippen LogP contribution is 2.31. The molecule has 0 saturated heterocycles. The van der Waals surface area contributed by atoms with E-state index in [2.05, 4.69) is 6.58 Å². The molecule has 13 heavy (non-hydrogen) atoms. The molecule has 0 fully saturated rings. The molecule has 0 aliphatic carbocycles. The summed E-state index contributed by atoms with van der Waals surface area (Å²) in [5.41, 5.74) is 0. The van der Waals surface area contributed by atoms with Crippen LogP contribution in [0.15, 0.2) is 12.7 Å². The molecule has 0 aromatic carbocycles. The summed E-state index contributed by atoms with van der Waals surface area (Å²) in [6.07, 6.45) is -4.91. The van der Waals surface area contributed by atoms with Gasteiger partial charge in [0.25, 0.3) is 5.92 Å². The van der Waals surface area contributed by atoms with Crippen LogP contribution in [0.3, 0.4) is 0 Å². The van der Waals surface area contributed by atoms with Gasteiger partial charge in [-0.1, -0.05) is 6.58 Å². The van der Waals surface area contributed by atoms with E-state index >= 15 is 0 Å². The molecule has 0 rings (SSSR count). The minimum absolute atomic E-state index is 0.0495. The van der Waals surface area contributed by atoms with Gasteiger partial charge in [0.15, 0.2) is 12.8 Å². The third kappa shape index (κ3) is 3.69. The fraction of sp³-hybridized carbons (Fsp3) is 0.714. The highest BCUT2D eigenvalue weighted by molar-refractivity contribution is 4.92. The lowest BCUT2D eigenvalue weighted by atomic mass is 10.1. The van der Waals surface area contributed by atoms with Crippen molar-refractivity contribution in [3.05, 3.63) is 12.7 Å². The summed E-state index contributed by atoms with van der Waals surface area (Å²) in [5.74, 6) is -8.09. The number of alkyl halides is 6. The average Bonchev–Trinajstić information content (AvgIpc) is 2.04. The van der Waals surface area contributed by atoms with E-state index in [1.165, 1.54) is 0 Å². The lowest BCUT2D eigenvalue weighted by Crippen LogP contribution is -2.36. The van der Waals surface area contributed by atoms with Gasteiger partial charge in [-0.25, -0.2) is 26.3 Å². The van der Waals surface area contributed by atoms with Crippen LogP contribution >= 0.6 is 0 Å². The highest BCUT2D eigenvalue weighted by atomic mass is 19.3. The van der Waals surface area contributed by atoms with Crippen molar-refractivity contribution in [3.63, 3.8) is 0 Å². The second kappa shape index (κ2) is 4.02. The largest absolute Gasteiger partial charge is 0.306 e. The fourth-order valence-corrected chi connectivity index (χ4v) is 0.555. The van der Waals surface area contributed by atoms with E-state index in [0.717, 1.165) is 0 Å². The summed E-state index contributed by atoms with van der Waals surface area (Å²) in [4.78, 5) is 0. The molecule has 0 aliphatic rings. The van der Waals surface area contributed by atoms with Gasteiger partial charge in [-0.05, 0) is 6.08 Å². The lowest BCUT2D eigenvalue weighted by molar-refractivity contribution is -0.115. The summed E-state index contributed by atoms with van der Waals surface area (Å²) in [6, 6.07) is 0. The molecule has 1 atom stereocenters. The zero-order valence-corrected chi connectivity index (χ0v) is 6.54. The molecular formula is C7H8F6. The third-order valence-electron chi connectivity index (χ3n) is 1.39. The number of hydrogen-bond donors (Lipinski definition) is 0. The van der Waals surface area contributed by atoms with E-state index in [-0.39, 0.29) is 6.08 Å². The first-order chi connectivity index (χ1) is 5.75. The number of hydrogen-bond acceptors (Lipinski definition) is 0. The van der Waals surface area contributed by atoms with Gasteiger partial charge in [0, 0.05) is 0 Å². The van der Waals surface area contributed by atoms with Crippen LogP contribution in [-0.4, -0.2) is 24.7 Å². The number of rotatable bonds is 5. The Balaban J connectivity index is 4.30. The van der Waals surface area contributed by atoms with E-state index in [4.69, 9.17) is 0 Å². The molecule has 78 valence electrons. The zero-order valence-electron chi connectivity index (χ0n) is 6.54. The maximum Gasteiger partial charge on any atom is 0.306 e. The van der Waals surface area contributed by atoms with E-state index in [1.54, 1.807) is 0 Å². The smallest absolute Gasteiger partial charge is 0.244 e. The molecule has 0 aromatic rings. The first-order valence-electron chi connectivity index (χ1n) is 3.34. The molecular weight excluding hydrogens is 198 g/mol. The van der Waals surface area contributed by atoms with Crippen molar-refractivity contribution >= 4 is 0 Å². The number of halogens is 6. The second-order valence-corrected chi connectivity index (χ2v) is 2.53. The van der Waals surface area contributed by atoms with Gasteiger partial charge < -0.3 is 0 Å². The molecule has 0 radical (unpaired) electrons. The van der Waals surface area contributed by atoms with Gasteiger partial charge in [0.05, 0.1) is 6.42 Å². The van der Waals surface area contributed by atoms with Crippen LogP contribution < -0.4 is 0 Å². The van der Waals surface area contributed by atoms with Crippen molar-refractivity contribution in [2.24, 2.45) is 0 Å². The van der Waals surface area contributed by atoms with E-state index in [0.29, 0.717) is 0 Å². The topological polar surface area (TPSA) is 0 Å². The lowest BCUT2D eigenvalue weighted by Gasteiger charge is -2.20. The Bertz CT molecular complexity index is 176. The average molecular weight is 206 g/mol. The Hall–Kier alpha value is -0.680. The molecule has 0 saturated carbocycles. The van der Waals surface area contributed by atoms with Crippen LogP contribution in [0.4, 0.5) is 26.3 Å². The first kappa shape index (κ1) is 12.3. The predicted octanol–water partition coefficient (Wildman–Crippen LogP) is 3.14. The van der Waals surface area contributed by atoms with Crippen molar-refractivity contribution in [2.75, 3.05) is 6.67 Å². The van der Waals surface area contributed by atoms with Crippen LogP contribution in [0.1, 0.15) is 6.42 Å². The van der Waals surface area contributed by atoms with Gasteiger partial charge in [0.1, 0.15) is 0 Å². The van der Waals surface area contributed by atoms with Gasteiger partial charge >= 0.3 is 5.92 Å². The van der Waals surface area contributed by atoms with Crippen molar-refractivity contribution in [1.29, 1.82) is 0 Å². The predicted molar refractivity (Wildman–Crippen MR) is 35.6 cm³/mol. The summed E-state index contributed by atoms with van der Waals surface area (Å²) >= 11 is 0. The second-order valence-electron chi connectivity index (χ2n) is 2.53. The molecule has 0 bridgehead atoms. The quantitative estimate of drug-likeness (QED) is 0.478. The van der Waals surface area contributed by atoms with Crippen LogP contribution in [0, 0.1) is 0 Å². The van der Waals surface area contributed by atoms with Crippen LogP contribution in [0.25, 0.3) is 0 Å². The Morgan fingerprint density at radius 1 is 1.23 bits per heavy atom. The minimum Gasteiger partial charge on any atom is -0.244 e. The van der Waals surface area contributed by atoms with E-state index < -0.39 is 31.1 Å². The van der Waals surface area contributed by atoms with Crippen molar-refractivity contribution in [3.8, 4) is 0 Å². The molecule has 0 heterocycles. The van der Waals surface area contributed by atoms with Crippen LogP contribution in [0.2, 0.25) is 0 Å². The van der Waals surface area contributed by atoms with Crippen molar-refractivity contribution in [1.82, 2.24) is 0 Å². The van der Waals surface area contributed by atoms with Gasteiger partial charge in [-0.2, -0.15) is 0 Å². The molecule has 0 aromatic heterocycles. The Labute approximate surface area is 71.2 Å². The Kier molecular flexibility index (Phi) is 3.81. The monoisotopic (exact) mass is 206 g/mol. The SMILES string of the molecule is C=CC(F)(F)CC(F)C(F)(F)CF. The van der Waals surface area contributed by atoms with Gasteiger partial charge in [-0.3, -0.25) is 0 Å². The minimum atomic E-state index is -4.35. The normalized spacial score (nSPS) is 15.5. The van der Waals surface area contributed by atoms with Crippen LogP contribution in [0.5, 0.6) is 0 Å². The molecule has 0 spiro atoms. The van der Waals surface area contributed by atoms with E-state index in [1.807, 2.05) is 0 Å². The molecule has 0 aliphatic heterocycles. The third-order valence-corrected chi connectivity index (χ3v) is 1.39. The van der Waals surface area contributed by atoms with Gasteiger partial charge in [-0.15, -0.1) is 0 Å². The maximum atomic E-state index is 12.3. The Morgan fingerprint density at radius 2 is 1.69 bits per heavy atom. The molecule has 1 unspecified atom stereocenters. The molecule has 0 amide bonds. The summed E-state index contributed by atoms with van der Waals surface area (Å²) < 4.78 is 72.5. The van der Waals surface area contributed by atoms with E-state index in [9.17, 15) is 26.3 Å². The summed E-state index contributed by atoms with van der Waals surface area (Å²) in [6.45, 7) is 0.348. The zero-order chi connectivity index (χ0) is 10.7. The molecule has 0 nitrogen and oxygen atoms in total. The maximum absolute atomic E-state index is 12.3. The summed E-state index contributed by atoms with van der Waals surface area (Å²) in [5, 5.41) is 0. The molecule has 0 N–H and O–H groups in total. The highest BCUT2D eigenvalue weighted by Gasteiger charge is 2.45. The van der Waals surface area contributed by atoms with Gasteiger partial charge in [0.2, 0.25) is 0 Å². The first-order valence-corrected chi connectivity index (χ1v) is 3.34. The Morgan fingerprint density at radius 3 is 2.00 bits per heavy atom. The number of allylic oxidation sites excluding steroid dienone is 1. The van der Waals surface area contributed by atoms with Crippen molar-refractivity contribution < 1.29 is 26.3 Å². The molecule has 6 heteroatoms.